The molecule has 0 bridgehead atoms. The number of carbonyl (C=O) groups is 1. The topological polar surface area (TPSA) is 49.8 Å². The van der Waals surface area contributed by atoms with Crippen molar-refractivity contribution in [2.75, 3.05) is 19.7 Å². The standard InChI is InChI=1S/C14H21F2NO3/c15-14(16)5-2-10(3-6-14)12(19)17-8-11(18)13(9-17)4-1-7-20-13/h10-11,18H,1-9H2/t11-,13-/m0/s1. The highest BCUT2D eigenvalue weighted by atomic mass is 19.3. The van der Waals surface area contributed by atoms with E-state index in [-0.39, 0.29) is 44.1 Å². The first kappa shape index (κ1) is 14.2. The number of likely N-dealkylation sites (tertiary alicyclic amines) is 1. The number of amides is 1. The molecule has 0 unspecified atom stereocenters. The van der Waals surface area contributed by atoms with Gasteiger partial charge in [0.25, 0.3) is 0 Å². The molecule has 1 amide bonds. The molecule has 1 aliphatic carbocycles. The van der Waals surface area contributed by atoms with Crippen LogP contribution in [0.5, 0.6) is 0 Å². The van der Waals surface area contributed by atoms with Crippen LogP contribution in [-0.4, -0.2) is 53.2 Å². The highest BCUT2D eigenvalue weighted by Crippen LogP contribution is 2.39. The fraction of sp³-hybridized carbons (Fsp3) is 0.929. The van der Waals surface area contributed by atoms with Crippen LogP contribution in [0.4, 0.5) is 8.78 Å². The number of aliphatic hydroxyl groups is 1. The van der Waals surface area contributed by atoms with Crippen molar-refractivity contribution in [1.29, 1.82) is 0 Å². The van der Waals surface area contributed by atoms with E-state index in [1.54, 1.807) is 4.90 Å². The lowest BCUT2D eigenvalue weighted by Crippen LogP contribution is -2.42. The third-order valence-electron chi connectivity index (χ3n) is 4.97. The number of carbonyl (C=O) groups excluding carboxylic acids is 1. The van der Waals surface area contributed by atoms with E-state index in [9.17, 15) is 18.7 Å². The molecular formula is C14H21F2NO3. The van der Waals surface area contributed by atoms with Crippen molar-refractivity contribution in [3.05, 3.63) is 0 Å². The van der Waals surface area contributed by atoms with Crippen LogP contribution in [0.1, 0.15) is 38.5 Å². The molecule has 3 aliphatic rings. The van der Waals surface area contributed by atoms with Gasteiger partial charge in [-0.05, 0) is 25.7 Å². The van der Waals surface area contributed by atoms with E-state index in [1.807, 2.05) is 0 Å². The molecule has 0 aromatic rings. The Morgan fingerprint density at radius 1 is 1.25 bits per heavy atom. The molecule has 3 fully saturated rings. The minimum atomic E-state index is -2.61. The van der Waals surface area contributed by atoms with Crippen molar-refractivity contribution in [3.63, 3.8) is 0 Å². The Hall–Kier alpha value is -0.750. The van der Waals surface area contributed by atoms with E-state index >= 15 is 0 Å². The molecule has 20 heavy (non-hydrogen) atoms. The van der Waals surface area contributed by atoms with Gasteiger partial charge in [-0.15, -0.1) is 0 Å². The van der Waals surface area contributed by atoms with Crippen molar-refractivity contribution in [1.82, 2.24) is 4.90 Å². The predicted molar refractivity (Wildman–Crippen MR) is 67.4 cm³/mol. The van der Waals surface area contributed by atoms with Crippen molar-refractivity contribution in [2.45, 2.75) is 56.2 Å². The molecule has 0 aromatic carbocycles. The molecule has 2 saturated heterocycles. The average molecular weight is 289 g/mol. The summed E-state index contributed by atoms with van der Waals surface area (Å²) in [7, 11) is 0. The van der Waals surface area contributed by atoms with E-state index in [2.05, 4.69) is 0 Å². The average Bonchev–Trinajstić information content (AvgIpc) is 2.98. The van der Waals surface area contributed by atoms with Crippen LogP contribution in [0.3, 0.4) is 0 Å². The maximum absolute atomic E-state index is 13.1. The van der Waals surface area contributed by atoms with Gasteiger partial charge in [-0.1, -0.05) is 0 Å². The van der Waals surface area contributed by atoms with Gasteiger partial charge in [-0.25, -0.2) is 8.78 Å². The van der Waals surface area contributed by atoms with Crippen molar-refractivity contribution >= 4 is 5.91 Å². The predicted octanol–water partition coefficient (Wildman–Crippen LogP) is 1.56. The van der Waals surface area contributed by atoms with Crippen LogP contribution in [0.2, 0.25) is 0 Å². The van der Waals surface area contributed by atoms with Crippen molar-refractivity contribution < 1.29 is 23.4 Å². The number of β-amino-alcohol motifs (C(OH)–C–C–N with tert-alkyl or cyclic N) is 1. The van der Waals surface area contributed by atoms with Crippen LogP contribution in [0.15, 0.2) is 0 Å². The fourth-order valence-electron chi connectivity index (χ4n) is 3.69. The van der Waals surface area contributed by atoms with Gasteiger partial charge in [0, 0.05) is 31.9 Å². The van der Waals surface area contributed by atoms with E-state index in [4.69, 9.17) is 4.74 Å². The van der Waals surface area contributed by atoms with E-state index in [0.29, 0.717) is 13.2 Å². The summed E-state index contributed by atoms with van der Waals surface area (Å²) in [6.07, 6.45) is 1.08. The third-order valence-corrected chi connectivity index (χ3v) is 4.97. The minimum absolute atomic E-state index is 0.0908. The molecule has 2 heterocycles. The zero-order valence-electron chi connectivity index (χ0n) is 11.5. The molecule has 0 aromatic heterocycles. The Morgan fingerprint density at radius 3 is 2.55 bits per heavy atom. The summed E-state index contributed by atoms with van der Waals surface area (Å²) in [5.74, 6) is -3.03. The second kappa shape index (κ2) is 4.91. The van der Waals surface area contributed by atoms with Crippen LogP contribution in [0, 0.1) is 5.92 Å². The number of nitrogens with zero attached hydrogens (tertiary/aromatic N) is 1. The maximum Gasteiger partial charge on any atom is 0.248 e. The Kier molecular flexibility index (Phi) is 3.49. The summed E-state index contributed by atoms with van der Waals surface area (Å²) in [5.41, 5.74) is -0.603. The molecule has 3 rings (SSSR count). The van der Waals surface area contributed by atoms with E-state index in [0.717, 1.165) is 12.8 Å². The van der Waals surface area contributed by atoms with Gasteiger partial charge in [-0.3, -0.25) is 4.79 Å². The highest BCUT2D eigenvalue weighted by Gasteiger charge is 2.51. The van der Waals surface area contributed by atoms with E-state index in [1.165, 1.54) is 0 Å². The van der Waals surface area contributed by atoms with Gasteiger partial charge in [0.1, 0.15) is 11.7 Å². The zero-order valence-corrected chi connectivity index (χ0v) is 11.5. The molecule has 6 heteroatoms. The Morgan fingerprint density at radius 2 is 1.95 bits per heavy atom. The number of alkyl halides is 2. The summed E-state index contributed by atoms with van der Waals surface area (Å²) in [5, 5.41) is 10.1. The van der Waals surface area contributed by atoms with Gasteiger partial charge in [0.05, 0.1) is 6.54 Å². The molecule has 1 saturated carbocycles. The van der Waals surface area contributed by atoms with Gasteiger partial charge < -0.3 is 14.7 Å². The lowest BCUT2D eigenvalue weighted by molar-refractivity contribution is -0.139. The maximum atomic E-state index is 13.1. The van der Waals surface area contributed by atoms with Crippen LogP contribution in [-0.2, 0) is 9.53 Å². The Bertz CT molecular complexity index is 386. The number of hydrogen-bond acceptors (Lipinski definition) is 3. The Balaban J connectivity index is 1.61. The second-order valence-electron chi connectivity index (χ2n) is 6.38. The summed E-state index contributed by atoms with van der Waals surface area (Å²) in [6, 6.07) is 0. The molecule has 1 spiro atoms. The summed E-state index contributed by atoms with van der Waals surface area (Å²) in [6.45, 7) is 1.29. The first-order valence-electron chi connectivity index (χ1n) is 7.41. The number of aliphatic hydroxyl groups excluding tert-OH is 1. The van der Waals surface area contributed by atoms with Crippen molar-refractivity contribution in [2.24, 2.45) is 5.92 Å². The number of halogens is 2. The molecule has 114 valence electrons. The van der Waals surface area contributed by atoms with Crippen LogP contribution < -0.4 is 0 Å². The fourth-order valence-corrected chi connectivity index (χ4v) is 3.69. The monoisotopic (exact) mass is 289 g/mol. The number of ether oxygens (including phenoxy) is 1. The summed E-state index contributed by atoms with van der Waals surface area (Å²) < 4.78 is 31.9. The van der Waals surface area contributed by atoms with E-state index < -0.39 is 17.6 Å². The lowest BCUT2D eigenvalue weighted by Gasteiger charge is -2.30. The highest BCUT2D eigenvalue weighted by molar-refractivity contribution is 5.79. The normalized spacial score (nSPS) is 37.8. The summed E-state index contributed by atoms with van der Waals surface area (Å²) >= 11 is 0. The molecule has 2 aliphatic heterocycles. The van der Waals surface area contributed by atoms with Gasteiger partial charge in [-0.2, -0.15) is 0 Å². The number of rotatable bonds is 1. The van der Waals surface area contributed by atoms with Crippen LogP contribution in [0.25, 0.3) is 0 Å². The quantitative estimate of drug-likeness (QED) is 0.797. The zero-order chi connectivity index (χ0) is 14.4. The molecule has 4 nitrogen and oxygen atoms in total. The summed E-state index contributed by atoms with van der Waals surface area (Å²) in [4.78, 5) is 14.0. The Labute approximate surface area is 117 Å². The first-order chi connectivity index (χ1) is 9.42. The molecular weight excluding hydrogens is 268 g/mol. The largest absolute Gasteiger partial charge is 0.388 e. The van der Waals surface area contributed by atoms with Gasteiger partial charge >= 0.3 is 0 Å². The number of hydrogen-bond donors (Lipinski definition) is 1. The first-order valence-corrected chi connectivity index (χ1v) is 7.41. The SMILES string of the molecule is O=C(C1CCC(F)(F)CC1)N1C[C@H](O)[C@]2(CCCO2)C1. The second-order valence-corrected chi connectivity index (χ2v) is 6.38. The molecule has 0 radical (unpaired) electrons. The minimum Gasteiger partial charge on any atom is -0.388 e. The third kappa shape index (κ3) is 2.44. The lowest BCUT2D eigenvalue weighted by atomic mass is 9.86. The van der Waals surface area contributed by atoms with Gasteiger partial charge in [0.2, 0.25) is 11.8 Å². The molecule has 1 N–H and O–H groups in total. The van der Waals surface area contributed by atoms with Gasteiger partial charge in [0.15, 0.2) is 0 Å². The molecule has 2 atom stereocenters. The van der Waals surface area contributed by atoms with Crippen LogP contribution >= 0.6 is 0 Å². The van der Waals surface area contributed by atoms with Crippen molar-refractivity contribution in [3.8, 4) is 0 Å². The smallest absolute Gasteiger partial charge is 0.248 e.